The first-order chi connectivity index (χ1) is 14.7. The monoisotopic (exact) mass is 402 g/mol. The van der Waals surface area contributed by atoms with Gasteiger partial charge in [-0.25, -0.2) is 9.78 Å². The maximum atomic E-state index is 10.9. The van der Waals surface area contributed by atoms with E-state index in [4.69, 9.17) is 14.8 Å². The first kappa shape index (κ1) is 20.0. The number of aliphatic carboxylic acids is 1. The summed E-state index contributed by atoms with van der Waals surface area (Å²) in [4.78, 5) is 15.6. The number of rotatable bonds is 7. The van der Waals surface area contributed by atoms with Crippen molar-refractivity contribution >= 4 is 12.0 Å². The topological polar surface area (TPSA) is 64.3 Å². The Morgan fingerprint density at radius 1 is 1.07 bits per heavy atom. The number of carboxylic acid groups (broad SMARTS) is 1. The molecule has 5 nitrogen and oxygen atoms in total. The van der Waals surface area contributed by atoms with Gasteiger partial charge in [0.25, 0.3) is 0 Å². The van der Waals surface area contributed by atoms with Crippen LogP contribution in [0.5, 0.6) is 5.75 Å². The highest BCUT2D eigenvalue weighted by Gasteiger charge is 2.20. The molecule has 2 aromatic carbocycles. The van der Waals surface area contributed by atoms with Crippen LogP contribution < -0.4 is 4.74 Å². The van der Waals surface area contributed by atoms with Crippen molar-refractivity contribution in [1.82, 2.24) is 9.55 Å². The summed E-state index contributed by atoms with van der Waals surface area (Å²) in [6.45, 7) is 0.529. The predicted molar refractivity (Wildman–Crippen MR) is 117 cm³/mol. The zero-order chi connectivity index (χ0) is 20.8. The molecular weight excluding hydrogens is 376 g/mol. The van der Waals surface area contributed by atoms with E-state index in [0.29, 0.717) is 18.3 Å². The molecule has 1 N–H and O–H groups in total. The molecule has 0 saturated heterocycles. The molecule has 0 atom stereocenters. The molecule has 0 aliphatic heterocycles. The number of ether oxygens (including phenoxy) is 1. The van der Waals surface area contributed by atoms with Gasteiger partial charge in [-0.3, -0.25) is 0 Å². The minimum Gasteiger partial charge on any atom is -0.489 e. The molecule has 154 valence electrons. The highest BCUT2D eigenvalue weighted by atomic mass is 16.5. The molecule has 5 heteroatoms. The minimum atomic E-state index is -0.969. The Morgan fingerprint density at radius 2 is 1.80 bits per heavy atom. The van der Waals surface area contributed by atoms with Gasteiger partial charge in [-0.2, -0.15) is 0 Å². The summed E-state index contributed by atoms with van der Waals surface area (Å²) in [6.07, 6.45) is 10.6. The molecule has 3 aromatic rings. The molecule has 0 bridgehead atoms. The fourth-order valence-electron chi connectivity index (χ4n) is 3.94. The zero-order valence-corrected chi connectivity index (χ0v) is 16.9. The molecule has 1 heterocycles. The average Bonchev–Trinajstić information content (AvgIpc) is 3.22. The van der Waals surface area contributed by atoms with Gasteiger partial charge in [0.15, 0.2) is 0 Å². The van der Waals surface area contributed by atoms with E-state index >= 15 is 0 Å². The fraction of sp³-hybridized carbons (Fsp3) is 0.280. The molecule has 1 fully saturated rings. The van der Waals surface area contributed by atoms with Gasteiger partial charge in [0.2, 0.25) is 0 Å². The van der Waals surface area contributed by atoms with Crippen molar-refractivity contribution in [1.29, 1.82) is 0 Å². The number of carboxylic acids is 1. The molecular formula is C25H26N2O3. The van der Waals surface area contributed by atoms with Crippen LogP contribution in [0.4, 0.5) is 0 Å². The van der Waals surface area contributed by atoms with Crippen molar-refractivity contribution < 1.29 is 14.6 Å². The Morgan fingerprint density at radius 3 is 2.50 bits per heavy atom. The van der Waals surface area contributed by atoms with Crippen LogP contribution in [0, 0.1) is 0 Å². The van der Waals surface area contributed by atoms with E-state index in [1.165, 1.54) is 19.3 Å². The molecule has 0 unspecified atom stereocenters. The van der Waals surface area contributed by atoms with Crippen LogP contribution in [0.1, 0.15) is 49.4 Å². The van der Waals surface area contributed by atoms with Gasteiger partial charge >= 0.3 is 5.97 Å². The number of imidazole rings is 1. The third-order valence-corrected chi connectivity index (χ3v) is 5.48. The van der Waals surface area contributed by atoms with Crippen LogP contribution in [0.25, 0.3) is 17.5 Å². The molecule has 4 rings (SSSR count). The molecule has 0 spiro atoms. The van der Waals surface area contributed by atoms with Crippen molar-refractivity contribution in [3.63, 3.8) is 0 Å². The quantitative estimate of drug-likeness (QED) is 0.513. The van der Waals surface area contributed by atoms with Gasteiger partial charge in [-0.15, -0.1) is 0 Å². The number of carbonyl (C=O) groups is 1. The highest BCUT2D eigenvalue weighted by molar-refractivity contribution is 5.85. The van der Waals surface area contributed by atoms with E-state index in [9.17, 15) is 4.79 Å². The number of hydrogen-bond donors (Lipinski definition) is 1. The van der Waals surface area contributed by atoms with Crippen LogP contribution in [-0.4, -0.2) is 20.6 Å². The van der Waals surface area contributed by atoms with Gasteiger partial charge in [-0.1, -0.05) is 49.6 Å². The van der Waals surface area contributed by atoms with Crippen LogP contribution in [0.2, 0.25) is 0 Å². The normalized spacial score (nSPS) is 14.8. The lowest BCUT2D eigenvalue weighted by atomic mass is 9.95. The first-order valence-electron chi connectivity index (χ1n) is 10.5. The Hall–Kier alpha value is -3.34. The molecule has 1 aliphatic carbocycles. The van der Waals surface area contributed by atoms with Gasteiger partial charge in [0.1, 0.15) is 18.2 Å². The molecule has 0 amide bonds. The van der Waals surface area contributed by atoms with E-state index in [0.717, 1.165) is 41.6 Å². The SMILES string of the molecule is O=C(O)/C=C/c1cn(C2CCCCC2)c(-c2ccc(OCc3ccccc3)cc2)n1. The lowest BCUT2D eigenvalue weighted by Gasteiger charge is -2.24. The van der Waals surface area contributed by atoms with E-state index in [1.807, 2.05) is 60.8 Å². The molecule has 0 radical (unpaired) electrons. The average molecular weight is 402 g/mol. The minimum absolute atomic E-state index is 0.405. The Balaban J connectivity index is 1.56. The van der Waals surface area contributed by atoms with Crippen molar-refractivity contribution in [2.45, 2.75) is 44.8 Å². The van der Waals surface area contributed by atoms with Gasteiger partial charge in [0.05, 0.1) is 5.69 Å². The summed E-state index contributed by atoms with van der Waals surface area (Å²) in [6, 6.07) is 18.5. The fourth-order valence-corrected chi connectivity index (χ4v) is 3.94. The smallest absolute Gasteiger partial charge is 0.328 e. The maximum absolute atomic E-state index is 10.9. The lowest BCUT2D eigenvalue weighted by Crippen LogP contribution is -2.13. The van der Waals surface area contributed by atoms with Gasteiger partial charge < -0.3 is 14.4 Å². The van der Waals surface area contributed by atoms with Crippen molar-refractivity contribution in [3.8, 4) is 17.1 Å². The first-order valence-corrected chi connectivity index (χ1v) is 10.5. The maximum Gasteiger partial charge on any atom is 0.328 e. The summed E-state index contributed by atoms with van der Waals surface area (Å²) in [7, 11) is 0. The second-order valence-corrected chi connectivity index (χ2v) is 7.66. The predicted octanol–water partition coefficient (Wildman–Crippen LogP) is 5.73. The number of benzene rings is 2. The van der Waals surface area contributed by atoms with Crippen LogP contribution >= 0.6 is 0 Å². The third-order valence-electron chi connectivity index (χ3n) is 5.48. The van der Waals surface area contributed by atoms with Crippen molar-refractivity contribution in [2.75, 3.05) is 0 Å². The molecule has 1 aromatic heterocycles. The van der Waals surface area contributed by atoms with Crippen molar-refractivity contribution in [3.05, 3.63) is 78.1 Å². The Labute approximate surface area is 176 Å². The van der Waals surface area contributed by atoms with Crippen molar-refractivity contribution in [2.24, 2.45) is 0 Å². The molecule has 1 saturated carbocycles. The number of hydrogen-bond acceptors (Lipinski definition) is 3. The summed E-state index contributed by atoms with van der Waals surface area (Å²) in [5.41, 5.74) is 2.80. The van der Waals surface area contributed by atoms with Crippen LogP contribution in [-0.2, 0) is 11.4 Å². The number of aromatic nitrogens is 2. The summed E-state index contributed by atoms with van der Waals surface area (Å²) >= 11 is 0. The molecule has 30 heavy (non-hydrogen) atoms. The summed E-state index contributed by atoms with van der Waals surface area (Å²) < 4.78 is 8.12. The van der Waals surface area contributed by atoms with E-state index in [-0.39, 0.29) is 0 Å². The highest BCUT2D eigenvalue weighted by Crippen LogP contribution is 2.33. The Bertz CT molecular complexity index is 1000. The van der Waals surface area contributed by atoms with E-state index in [2.05, 4.69) is 4.57 Å². The van der Waals surface area contributed by atoms with E-state index in [1.54, 1.807) is 6.08 Å². The standard InChI is InChI=1S/C25H26N2O3/c28-24(29)16-13-21-17-27(22-9-5-2-6-10-22)25(26-21)20-11-14-23(15-12-20)30-18-19-7-3-1-4-8-19/h1,3-4,7-8,11-17,22H,2,5-6,9-10,18H2,(H,28,29)/b16-13+. The Kier molecular flexibility index (Phi) is 6.28. The number of nitrogens with zero attached hydrogens (tertiary/aromatic N) is 2. The third kappa shape index (κ3) is 4.98. The van der Waals surface area contributed by atoms with Gasteiger partial charge in [-0.05, 0) is 48.7 Å². The summed E-state index contributed by atoms with van der Waals surface area (Å²) in [5.74, 6) is 0.717. The zero-order valence-electron chi connectivity index (χ0n) is 16.9. The second kappa shape index (κ2) is 9.44. The van der Waals surface area contributed by atoms with E-state index < -0.39 is 5.97 Å². The molecule has 1 aliphatic rings. The summed E-state index contributed by atoms with van der Waals surface area (Å²) in [5, 5.41) is 8.94. The second-order valence-electron chi connectivity index (χ2n) is 7.66. The largest absolute Gasteiger partial charge is 0.489 e. The lowest BCUT2D eigenvalue weighted by molar-refractivity contribution is -0.131. The van der Waals surface area contributed by atoms with Gasteiger partial charge in [0, 0.05) is 23.9 Å². The van der Waals surface area contributed by atoms with Crippen LogP contribution in [0.3, 0.4) is 0 Å². The van der Waals surface area contributed by atoms with Crippen LogP contribution in [0.15, 0.2) is 66.9 Å².